The molecule has 1 atom stereocenters. The van der Waals surface area contributed by atoms with E-state index in [0.717, 1.165) is 0 Å². The number of carbonyl (C=O) groups excluding carboxylic acids is 2. The highest BCUT2D eigenvalue weighted by molar-refractivity contribution is 5.94. The summed E-state index contributed by atoms with van der Waals surface area (Å²) in [5.74, 6) is -2.82. The van der Waals surface area contributed by atoms with Crippen LogP contribution in [0.1, 0.15) is 24.6 Å². The van der Waals surface area contributed by atoms with Gasteiger partial charge in [-0.1, -0.05) is 0 Å². The lowest BCUT2D eigenvalue weighted by Crippen LogP contribution is -2.28. The Morgan fingerprint density at radius 2 is 2.00 bits per heavy atom. The average Bonchev–Trinajstić information content (AvgIpc) is 3.01. The first-order valence-electron chi connectivity index (χ1n) is 7.82. The summed E-state index contributed by atoms with van der Waals surface area (Å²) in [4.78, 5) is 40.7. The third-order valence-corrected chi connectivity index (χ3v) is 4.50. The van der Waals surface area contributed by atoms with Crippen LogP contribution in [0.3, 0.4) is 0 Å². The molecule has 1 aromatic carbocycles. The number of fused-ring (bicyclic) bond motifs is 2. The maximum absolute atomic E-state index is 13.5. The summed E-state index contributed by atoms with van der Waals surface area (Å²) in [7, 11) is 2.39. The van der Waals surface area contributed by atoms with Gasteiger partial charge in [0.25, 0.3) is 5.56 Å². The number of benzene rings is 1. The van der Waals surface area contributed by atoms with Crippen molar-refractivity contribution >= 4 is 22.8 Å². The van der Waals surface area contributed by atoms with E-state index in [0.29, 0.717) is 24.2 Å². The van der Waals surface area contributed by atoms with E-state index in [9.17, 15) is 18.8 Å². The Morgan fingerprint density at radius 3 is 2.64 bits per heavy atom. The summed E-state index contributed by atoms with van der Waals surface area (Å²) in [5.41, 5.74) is 0.00558. The number of hydrogen-bond acceptors (Lipinski definition) is 6. The lowest BCUT2D eigenvalue weighted by molar-refractivity contribution is -0.159. The molecule has 0 bridgehead atoms. The minimum absolute atomic E-state index is 0.118. The number of hydrogen-bond donors (Lipinski definition) is 0. The average molecular weight is 348 g/mol. The number of esters is 2. The lowest BCUT2D eigenvalue weighted by Gasteiger charge is -2.16. The molecular weight excluding hydrogens is 331 g/mol. The van der Waals surface area contributed by atoms with E-state index in [4.69, 9.17) is 0 Å². The predicted octanol–water partition coefficient (Wildman–Crippen LogP) is 1.38. The number of nitrogens with zero attached hydrogens (tertiary/aromatic N) is 2. The van der Waals surface area contributed by atoms with Gasteiger partial charge in [-0.25, -0.2) is 9.37 Å². The first kappa shape index (κ1) is 17.1. The number of ether oxygens (including phenoxy) is 2. The van der Waals surface area contributed by atoms with Gasteiger partial charge in [0.05, 0.1) is 25.1 Å². The molecule has 2 aromatic rings. The number of methoxy groups -OCH3 is 2. The highest BCUT2D eigenvalue weighted by atomic mass is 19.1. The van der Waals surface area contributed by atoms with Crippen LogP contribution in [0.2, 0.25) is 0 Å². The summed E-state index contributed by atoms with van der Waals surface area (Å²) in [5, 5.41) is 0.336. The van der Waals surface area contributed by atoms with Crippen molar-refractivity contribution in [2.24, 2.45) is 5.92 Å². The summed E-state index contributed by atoms with van der Waals surface area (Å²) in [6, 6.07) is 3.83. The number of aromatic nitrogens is 2. The van der Waals surface area contributed by atoms with Crippen LogP contribution in [0.5, 0.6) is 0 Å². The van der Waals surface area contributed by atoms with E-state index in [1.807, 2.05) is 0 Å². The van der Waals surface area contributed by atoms with Crippen molar-refractivity contribution < 1.29 is 23.5 Å². The summed E-state index contributed by atoms with van der Waals surface area (Å²) >= 11 is 0. The summed E-state index contributed by atoms with van der Waals surface area (Å²) in [6.45, 7) is 0.425. The number of rotatable bonds is 4. The van der Waals surface area contributed by atoms with E-state index in [2.05, 4.69) is 14.5 Å². The van der Waals surface area contributed by atoms with E-state index in [-0.39, 0.29) is 23.4 Å². The highest BCUT2D eigenvalue weighted by Crippen LogP contribution is 2.32. The quantitative estimate of drug-likeness (QED) is 0.613. The summed E-state index contributed by atoms with van der Waals surface area (Å²) in [6.07, 6.45) is 0.665. The molecule has 3 rings (SSSR count). The normalized spacial score (nSPS) is 16.1. The Morgan fingerprint density at radius 1 is 1.32 bits per heavy atom. The Labute approximate surface area is 142 Å². The van der Waals surface area contributed by atoms with Gasteiger partial charge in [0.1, 0.15) is 11.6 Å². The Bertz CT molecular complexity index is 892. The maximum Gasteiger partial charge on any atom is 0.320 e. The van der Waals surface area contributed by atoms with Gasteiger partial charge in [0, 0.05) is 18.5 Å². The molecule has 0 amide bonds. The Balaban J connectivity index is 2.01. The van der Waals surface area contributed by atoms with Crippen LogP contribution in [0.25, 0.3) is 10.9 Å². The molecule has 7 nitrogen and oxygen atoms in total. The first-order valence-corrected chi connectivity index (χ1v) is 7.82. The molecule has 25 heavy (non-hydrogen) atoms. The van der Waals surface area contributed by atoms with Crippen LogP contribution in [0.15, 0.2) is 23.0 Å². The SMILES string of the molecule is COC(=O)C(CC1CCn2c1nc1cc(F)ccc1c2=O)C(=O)OC. The van der Waals surface area contributed by atoms with Gasteiger partial charge in [-0.05, 0) is 25.0 Å². The fourth-order valence-electron chi connectivity index (χ4n) is 3.23. The Kier molecular flexibility index (Phi) is 4.52. The first-order chi connectivity index (χ1) is 12.0. The third-order valence-electron chi connectivity index (χ3n) is 4.50. The molecule has 8 heteroatoms. The molecule has 0 radical (unpaired) electrons. The zero-order chi connectivity index (χ0) is 18.1. The van der Waals surface area contributed by atoms with Gasteiger partial charge < -0.3 is 9.47 Å². The van der Waals surface area contributed by atoms with E-state index >= 15 is 0 Å². The van der Waals surface area contributed by atoms with Gasteiger partial charge in [-0.15, -0.1) is 0 Å². The smallest absolute Gasteiger partial charge is 0.320 e. The van der Waals surface area contributed by atoms with Crippen LogP contribution < -0.4 is 5.56 Å². The van der Waals surface area contributed by atoms with Crippen LogP contribution in [-0.4, -0.2) is 35.7 Å². The molecule has 0 spiro atoms. The molecule has 0 saturated carbocycles. The van der Waals surface area contributed by atoms with Crippen LogP contribution >= 0.6 is 0 Å². The fourth-order valence-corrected chi connectivity index (χ4v) is 3.23. The molecule has 0 N–H and O–H groups in total. The molecule has 0 aliphatic carbocycles. The monoisotopic (exact) mass is 348 g/mol. The van der Waals surface area contributed by atoms with Crippen molar-refractivity contribution in [3.05, 3.63) is 40.2 Å². The second-order valence-electron chi connectivity index (χ2n) is 5.91. The van der Waals surface area contributed by atoms with E-state index < -0.39 is 23.7 Å². The second kappa shape index (κ2) is 6.62. The predicted molar refractivity (Wildman–Crippen MR) is 85.5 cm³/mol. The lowest BCUT2D eigenvalue weighted by atomic mass is 9.93. The molecule has 1 aliphatic heterocycles. The van der Waals surface area contributed by atoms with Crippen LogP contribution in [-0.2, 0) is 25.6 Å². The standard InChI is InChI=1S/C17H17FN2O5/c1-24-16(22)12(17(23)25-2)7-9-5-6-20-14(9)19-13-8-10(18)3-4-11(13)15(20)21/h3-4,8-9,12H,5-7H2,1-2H3. The molecule has 1 aliphatic rings. The molecular formula is C17H17FN2O5. The minimum Gasteiger partial charge on any atom is -0.468 e. The van der Waals surface area contributed by atoms with Gasteiger partial charge in [-0.3, -0.25) is 19.0 Å². The topological polar surface area (TPSA) is 87.5 Å². The van der Waals surface area contributed by atoms with Crippen LogP contribution in [0, 0.1) is 11.7 Å². The van der Waals surface area contributed by atoms with Gasteiger partial charge in [0.2, 0.25) is 0 Å². The van der Waals surface area contributed by atoms with Crippen molar-refractivity contribution in [3.63, 3.8) is 0 Å². The van der Waals surface area contributed by atoms with Crippen LogP contribution in [0.4, 0.5) is 4.39 Å². The maximum atomic E-state index is 13.5. The highest BCUT2D eigenvalue weighted by Gasteiger charge is 2.36. The summed E-state index contributed by atoms with van der Waals surface area (Å²) < 4.78 is 24.3. The number of carbonyl (C=O) groups is 2. The molecule has 1 aromatic heterocycles. The fraction of sp³-hybridized carbons (Fsp3) is 0.412. The van der Waals surface area contributed by atoms with Gasteiger partial charge >= 0.3 is 11.9 Å². The van der Waals surface area contributed by atoms with Gasteiger partial charge in [-0.2, -0.15) is 0 Å². The van der Waals surface area contributed by atoms with E-state index in [1.54, 1.807) is 0 Å². The minimum atomic E-state index is -1.09. The van der Waals surface area contributed by atoms with Crippen molar-refractivity contribution in [1.29, 1.82) is 0 Å². The molecule has 1 unspecified atom stereocenters. The van der Waals surface area contributed by atoms with Crippen molar-refractivity contribution in [3.8, 4) is 0 Å². The molecule has 2 heterocycles. The largest absolute Gasteiger partial charge is 0.468 e. The van der Waals surface area contributed by atoms with Crippen molar-refractivity contribution in [2.45, 2.75) is 25.3 Å². The Hall–Kier alpha value is -2.77. The third kappa shape index (κ3) is 2.99. The van der Waals surface area contributed by atoms with Crippen molar-refractivity contribution in [2.75, 3.05) is 14.2 Å². The second-order valence-corrected chi connectivity index (χ2v) is 5.91. The zero-order valence-electron chi connectivity index (χ0n) is 13.8. The zero-order valence-corrected chi connectivity index (χ0v) is 13.8. The molecule has 0 fully saturated rings. The van der Waals surface area contributed by atoms with Crippen molar-refractivity contribution in [1.82, 2.24) is 9.55 Å². The number of halogens is 1. The molecule has 132 valence electrons. The van der Waals surface area contributed by atoms with Gasteiger partial charge in [0.15, 0.2) is 5.92 Å². The van der Waals surface area contributed by atoms with E-state index in [1.165, 1.54) is 37.0 Å². The molecule has 0 saturated heterocycles.